The molecule has 0 unspecified atom stereocenters. The second kappa shape index (κ2) is 11.0. The molecule has 0 aliphatic heterocycles. The molecule has 0 amide bonds. The fourth-order valence-corrected chi connectivity index (χ4v) is 4.32. The molecule has 0 radical (unpaired) electrons. The lowest BCUT2D eigenvalue weighted by atomic mass is 10.0. The summed E-state index contributed by atoms with van der Waals surface area (Å²) in [5.41, 5.74) is 3.43. The Bertz CT molecular complexity index is 1040. The number of carbonyl (C=O) groups is 1. The van der Waals surface area contributed by atoms with Crippen LogP contribution in [0.15, 0.2) is 59.8 Å². The number of hydrogen-bond donors (Lipinski definition) is 0. The van der Waals surface area contributed by atoms with Crippen molar-refractivity contribution in [2.75, 3.05) is 20.3 Å². The average Bonchev–Trinajstić information content (AvgIpc) is 3.18. The van der Waals surface area contributed by atoms with Crippen molar-refractivity contribution in [1.82, 2.24) is 0 Å². The molecule has 0 fully saturated rings. The van der Waals surface area contributed by atoms with Gasteiger partial charge in [0.05, 0.1) is 25.0 Å². The zero-order valence-electron chi connectivity index (χ0n) is 17.7. The molecule has 3 aromatic rings. The van der Waals surface area contributed by atoms with Crippen LogP contribution in [0.5, 0.6) is 5.75 Å². The third-order valence-electron chi connectivity index (χ3n) is 4.44. The van der Waals surface area contributed by atoms with E-state index in [1.165, 1.54) is 0 Å². The maximum Gasteiger partial charge on any atom is 0.310 e. The zero-order chi connectivity index (χ0) is 22.2. The second-order valence-electron chi connectivity index (χ2n) is 6.54. The molecular formula is C24H24ClNO4S. The highest BCUT2D eigenvalue weighted by Crippen LogP contribution is 2.35. The summed E-state index contributed by atoms with van der Waals surface area (Å²) >= 11 is 7.61. The molecule has 0 spiro atoms. The van der Waals surface area contributed by atoms with Gasteiger partial charge in [0.15, 0.2) is 0 Å². The summed E-state index contributed by atoms with van der Waals surface area (Å²) in [6.07, 6.45) is 0.173. The van der Waals surface area contributed by atoms with Crippen LogP contribution in [0.1, 0.15) is 29.9 Å². The van der Waals surface area contributed by atoms with Gasteiger partial charge in [-0.3, -0.25) is 4.79 Å². The van der Waals surface area contributed by atoms with Gasteiger partial charge in [-0.1, -0.05) is 28.9 Å². The average molecular weight is 458 g/mol. The fraction of sp³-hybridized carbons (Fsp3) is 0.250. The van der Waals surface area contributed by atoms with Gasteiger partial charge in [0, 0.05) is 15.5 Å². The summed E-state index contributed by atoms with van der Waals surface area (Å²) in [5, 5.41) is 5.02. The Hall–Kier alpha value is -2.83. The van der Waals surface area contributed by atoms with Gasteiger partial charge in [0.25, 0.3) is 0 Å². The third-order valence-corrected chi connectivity index (χ3v) is 5.92. The van der Waals surface area contributed by atoms with E-state index in [4.69, 9.17) is 25.9 Å². The largest absolute Gasteiger partial charge is 0.497 e. The summed E-state index contributed by atoms with van der Waals surface area (Å²) in [6, 6.07) is 17.2. The monoisotopic (exact) mass is 457 g/mol. The minimum Gasteiger partial charge on any atom is -0.497 e. The molecule has 5 nitrogen and oxygen atoms in total. The molecule has 0 N–H and O–H groups in total. The van der Waals surface area contributed by atoms with Crippen molar-refractivity contribution in [2.24, 2.45) is 5.16 Å². The number of methoxy groups -OCH3 is 1. The topological polar surface area (TPSA) is 57.1 Å². The zero-order valence-corrected chi connectivity index (χ0v) is 19.3. The maximum absolute atomic E-state index is 12.2. The van der Waals surface area contributed by atoms with Gasteiger partial charge < -0.3 is 14.3 Å². The first-order valence-electron chi connectivity index (χ1n) is 9.94. The molecule has 0 aliphatic carbocycles. The van der Waals surface area contributed by atoms with Crippen molar-refractivity contribution < 1.29 is 19.1 Å². The number of nitrogens with zero attached hydrogens (tertiary/aromatic N) is 1. The quantitative estimate of drug-likeness (QED) is 0.225. The molecule has 0 saturated carbocycles. The lowest BCUT2D eigenvalue weighted by molar-refractivity contribution is -0.142. The van der Waals surface area contributed by atoms with Crippen molar-refractivity contribution >= 4 is 34.6 Å². The van der Waals surface area contributed by atoms with E-state index < -0.39 is 0 Å². The van der Waals surface area contributed by atoms with E-state index in [-0.39, 0.29) is 12.4 Å². The predicted octanol–water partition coefficient (Wildman–Crippen LogP) is 5.97. The van der Waals surface area contributed by atoms with Gasteiger partial charge in [-0.05, 0) is 67.4 Å². The van der Waals surface area contributed by atoms with Crippen LogP contribution in [0.4, 0.5) is 0 Å². The molecule has 7 heteroatoms. The summed E-state index contributed by atoms with van der Waals surface area (Å²) in [7, 11) is 1.63. The van der Waals surface area contributed by atoms with Crippen LogP contribution < -0.4 is 4.74 Å². The molecule has 2 aromatic carbocycles. The molecular weight excluding hydrogens is 434 g/mol. The standard InChI is InChI=1S/C24H24ClNO4S/c1-4-29-22(27)15-18-14-21(31-24(18)17-6-10-19(25)11-7-17)23(26-30-5-2)16-8-12-20(28-3)13-9-16/h6-14H,4-5,15H2,1-3H3/b26-23-. The Labute approximate surface area is 191 Å². The SMILES string of the molecule is CCO/N=C(/c1ccc(OC)cc1)c1cc(CC(=O)OCC)c(-c2ccc(Cl)cc2)s1. The Kier molecular flexibility index (Phi) is 8.09. The fourth-order valence-electron chi connectivity index (χ4n) is 3.01. The summed E-state index contributed by atoms with van der Waals surface area (Å²) in [4.78, 5) is 19.5. The minimum atomic E-state index is -0.269. The van der Waals surface area contributed by atoms with Crippen LogP contribution in [0.3, 0.4) is 0 Å². The number of benzene rings is 2. The number of hydrogen-bond acceptors (Lipinski definition) is 6. The molecule has 31 heavy (non-hydrogen) atoms. The molecule has 0 bridgehead atoms. The van der Waals surface area contributed by atoms with Gasteiger partial charge in [-0.25, -0.2) is 0 Å². The Morgan fingerprint density at radius 3 is 2.35 bits per heavy atom. The van der Waals surface area contributed by atoms with Crippen molar-refractivity contribution in [1.29, 1.82) is 0 Å². The van der Waals surface area contributed by atoms with E-state index in [0.717, 1.165) is 32.2 Å². The Balaban J connectivity index is 2.07. The van der Waals surface area contributed by atoms with Gasteiger partial charge in [-0.2, -0.15) is 0 Å². The van der Waals surface area contributed by atoms with E-state index in [9.17, 15) is 4.79 Å². The van der Waals surface area contributed by atoms with E-state index in [1.807, 2.05) is 61.5 Å². The number of ether oxygens (including phenoxy) is 2. The van der Waals surface area contributed by atoms with Crippen molar-refractivity contribution in [2.45, 2.75) is 20.3 Å². The van der Waals surface area contributed by atoms with Crippen LogP contribution in [0.2, 0.25) is 5.02 Å². The number of carbonyl (C=O) groups excluding carboxylic acids is 1. The highest BCUT2D eigenvalue weighted by atomic mass is 35.5. The van der Waals surface area contributed by atoms with E-state index in [0.29, 0.717) is 23.9 Å². The molecule has 162 valence electrons. The summed E-state index contributed by atoms with van der Waals surface area (Å²) in [6.45, 7) is 4.47. The van der Waals surface area contributed by atoms with Gasteiger partial charge >= 0.3 is 5.97 Å². The van der Waals surface area contributed by atoms with Crippen LogP contribution >= 0.6 is 22.9 Å². The normalized spacial score (nSPS) is 11.3. The van der Waals surface area contributed by atoms with Crippen molar-refractivity contribution in [3.63, 3.8) is 0 Å². The van der Waals surface area contributed by atoms with Crippen LogP contribution in [-0.4, -0.2) is 32.0 Å². The van der Waals surface area contributed by atoms with Gasteiger partial charge in [0.2, 0.25) is 0 Å². The molecule has 0 saturated heterocycles. The van der Waals surface area contributed by atoms with Gasteiger partial charge in [0.1, 0.15) is 18.1 Å². The number of rotatable bonds is 9. The second-order valence-corrected chi connectivity index (χ2v) is 8.03. The maximum atomic E-state index is 12.2. The van der Waals surface area contributed by atoms with Crippen LogP contribution in [0, 0.1) is 0 Å². The molecule has 0 atom stereocenters. The number of esters is 1. The molecule has 0 aliphatic rings. The van der Waals surface area contributed by atoms with Crippen LogP contribution in [0.25, 0.3) is 10.4 Å². The first-order valence-corrected chi connectivity index (χ1v) is 11.1. The van der Waals surface area contributed by atoms with E-state index >= 15 is 0 Å². The first-order chi connectivity index (χ1) is 15.0. The van der Waals surface area contributed by atoms with E-state index in [1.54, 1.807) is 25.4 Å². The summed E-state index contributed by atoms with van der Waals surface area (Å²) in [5.74, 6) is 0.491. The number of halogens is 1. The third kappa shape index (κ3) is 5.87. The van der Waals surface area contributed by atoms with Crippen molar-refractivity contribution in [3.8, 4) is 16.2 Å². The predicted molar refractivity (Wildman–Crippen MR) is 125 cm³/mol. The lowest BCUT2D eigenvalue weighted by Crippen LogP contribution is -2.07. The van der Waals surface area contributed by atoms with E-state index in [2.05, 4.69) is 5.16 Å². The number of thiophene rings is 1. The smallest absolute Gasteiger partial charge is 0.310 e. The Morgan fingerprint density at radius 1 is 1.03 bits per heavy atom. The van der Waals surface area contributed by atoms with Gasteiger partial charge in [-0.15, -0.1) is 11.3 Å². The summed E-state index contributed by atoms with van der Waals surface area (Å²) < 4.78 is 10.4. The Morgan fingerprint density at radius 2 is 1.74 bits per heavy atom. The highest BCUT2D eigenvalue weighted by Gasteiger charge is 2.19. The molecule has 3 rings (SSSR count). The van der Waals surface area contributed by atoms with Crippen molar-refractivity contribution in [3.05, 3.63) is 75.6 Å². The number of oxime groups is 1. The lowest BCUT2D eigenvalue weighted by Gasteiger charge is -2.06. The molecule has 1 heterocycles. The molecule has 1 aromatic heterocycles. The highest BCUT2D eigenvalue weighted by molar-refractivity contribution is 7.17. The first kappa shape index (κ1) is 22.8. The van der Waals surface area contributed by atoms with Crippen LogP contribution in [-0.2, 0) is 20.8 Å². The minimum absolute atomic E-state index is 0.173.